The molecule has 1 aromatic carbocycles. The number of carbonyl (C=O) groups excluding carboxylic acids is 4. The lowest BCUT2D eigenvalue weighted by Gasteiger charge is -2.19. The number of anilines is 2. The Bertz CT molecular complexity index is 810. The fraction of sp³-hybridized carbons (Fsp3) is 0.333. The van der Waals surface area contributed by atoms with E-state index in [2.05, 4.69) is 22.5 Å². The first-order valence-electron chi connectivity index (χ1n) is 8.19. The van der Waals surface area contributed by atoms with Crippen LogP contribution in [0.3, 0.4) is 0 Å². The SMILES string of the molecule is C=C(C)C(=O)NCCCC(=O)c1c(I)c(NC(C)=O)c(I)c(NC(C)=O)c1I. The summed E-state index contributed by atoms with van der Waals surface area (Å²) in [5.41, 5.74) is 1.85. The van der Waals surface area contributed by atoms with Crippen molar-refractivity contribution < 1.29 is 19.2 Å². The lowest BCUT2D eigenvalue weighted by Crippen LogP contribution is -2.25. The van der Waals surface area contributed by atoms with Crippen LogP contribution >= 0.6 is 67.8 Å². The van der Waals surface area contributed by atoms with Crippen LogP contribution in [0.1, 0.15) is 44.0 Å². The zero-order valence-electron chi connectivity index (χ0n) is 15.6. The normalized spacial score (nSPS) is 10.2. The number of hydrogen-bond acceptors (Lipinski definition) is 4. The maximum Gasteiger partial charge on any atom is 0.246 e. The van der Waals surface area contributed by atoms with Crippen molar-refractivity contribution in [2.24, 2.45) is 0 Å². The van der Waals surface area contributed by atoms with Gasteiger partial charge in [0.15, 0.2) is 5.78 Å². The predicted molar refractivity (Wildman–Crippen MR) is 135 cm³/mol. The van der Waals surface area contributed by atoms with Gasteiger partial charge in [-0.15, -0.1) is 0 Å². The van der Waals surface area contributed by atoms with Crippen molar-refractivity contribution in [3.63, 3.8) is 0 Å². The fourth-order valence-corrected chi connectivity index (χ4v) is 6.51. The number of rotatable bonds is 8. The lowest BCUT2D eigenvalue weighted by atomic mass is 10.0. The van der Waals surface area contributed by atoms with Crippen molar-refractivity contribution in [3.05, 3.63) is 28.4 Å². The molecule has 152 valence electrons. The van der Waals surface area contributed by atoms with E-state index >= 15 is 0 Å². The van der Waals surface area contributed by atoms with E-state index in [0.717, 1.165) is 0 Å². The average Bonchev–Trinajstić information content (AvgIpc) is 2.58. The molecule has 0 aliphatic heterocycles. The minimum absolute atomic E-state index is 0.132. The summed E-state index contributed by atoms with van der Waals surface area (Å²) in [6.45, 7) is 8.30. The van der Waals surface area contributed by atoms with Gasteiger partial charge in [0.2, 0.25) is 17.7 Å². The van der Waals surface area contributed by atoms with Crippen molar-refractivity contribution in [2.75, 3.05) is 17.2 Å². The van der Waals surface area contributed by atoms with Gasteiger partial charge >= 0.3 is 0 Å². The summed E-state index contributed by atoms with van der Waals surface area (Å²) >= 11 is 6.11. The van der Waals surface area contributed by atoms with Crippen molar-refractivity contribution in [3.8, 4) is 0 Å². The molecule has 1 aromatic rings. The number of benzene rings is 1. The molecule has 0 saturated heterocycles. The molecule has 0 fully saturated rings. The third-order valence-corrected chi connectivity index (χ3v) is 6.69. The zero-order valence-corrected chi connectivity index (χ0v) is 22.1. The Morgan fingerprint density at radius 3 is 1.71 bits per heavy atom. The molecular weight excluding hydrogens is 703 g/mol. The van der Waals surface area contributed by atoms with Crippen LogP contribution in [0.15, 0.2) is 12.2 Å². The standard InChI is InChI=1S/C18H20I3N3O4/c1-8(2)18(28)22-7-5-6-11(27)12-13(19)16(23-9(3)25)15(21)17(14(12)20)24-10(4)26/h1,5-7H2,2-4H3,(H,22,28)(H,23,25)(H,24,26). The Morgan fingerprint density at radius 1 is 0.857 bits per heavy atom. The maximum atomic E-state index is 12.9. The predicted octanol–water partition coefficient (Wildman–Crippen LogP) is 4.07. The van der Waals surface area contributed by atoms with Gasteiger partial charge in [0, 0.05) is 45.1 Å². The van der Waals surface area contributed by atoms with Gasteiger partial charge in [-0.2, -0.15) is 0 Å². The molecule has 28 heavy (non-hydrogen) atoms. The molecular formula is C18H20I3N3O4. The molecule has 0 aliphatic carbocycles. The van der Waals surface area contributed by atoms with E-state index < -0.39 is 0 Å². The second kappa shape index (κ2) is 11.4. The summed E-state index contributed by atoms with van der Waals surface area (Å²) in [7, 11) is 0. The van der Waals surface area contributed by atoms with Crippen LogP contribution in [-0.4, -0.2) is 30.0 Å². The van der Waals surface area contributed by atoms with Crippen LogP contribution in [0, 0.1) is 10.7 Å². The molecule has 3 N–H and O–H groups in total. The molecule has 0 aromatic heterocycles. The Kier molecular flexibility index (Phi) is 10.3. The van der Waals surface area contributed by atoms with E-state index in [9.17, 15) is 19.2 Å². The minimum atomic E-state index is -0.272. The number of carbonyl (C=O) groups is 4. The number of hydrogen-bond donors (Lipinski definition) is 3. The summed E-state index contributed by atoms with van der Waals surface area (Å²) in [6.07, 6.45) is 0.670. The van der Waals surface area contributed by atoms with Crippen LogP contribution < -0.4 is 16.0 Å². The van der Waals surface area contributed by atoms with Crippen LogP contribution in [0.4, 0.5) is 11.4 Å². The van der Waals surface area contributed by atoms with Gasteiger partial charge in [-0.3, -0.25) is 19.2 Å². The van der Waals surface area contributed by atoms with Crippen LogP contribution in [0.2, 0.25) is 0 Å². The molecule has 0 bridgehead atoms. The highest BCUT2D eigenvalue weighted by Crippen LogP contribution is 2.39. The highest BCUT2D eigenvalue weighted by Gasteiger charge is 2.25. The third-order valence-electron chi connectivity index (χ3n) is 3.45. The molecule has 10 heteroatoms. The minimum Gasteiger partial charge on any atom is -0.352 e. The molecule has 0 heterocycles. The van der Waals surface area contributed by atoms with Gasteiger partial charge in [-0.1, -0.05) is 6.58 Å². The van der Waals surface area contributed by atoms with Gasteiger partial charge in [-0.25, -0.2) is 0 Å². The van der Waals surface area contributed by atoms with Crippen molar-refractivity contribution in [1.82, 2.24) is 5.32 Å². The van der Waals surface area contributed by atoms with E-state index in [0.29, 0.717) is 46.2 Å². The lowest BCUT2D eigenvalue weighted by molar-refractivity contribution is -0.117. The Hall–Kier alpha value is -0.770. The van der Waals surface area contributed by atoms with Gasteiger partial charge < -0.3 is 16.0 Å². The number of halogens is 3. The smallest absolute Gasteiger partial charge is 0.246 e. The van der Waals surface area contributed by atoms with E-state index in [4.69, 9.17) is 0 Å². The second-order valence-corrected chi connectivity index (χ2v) is 9.23. The molecule has 0 spiro atoms. The molecule has 0 saturated carbocycles. The van der Waals surface area contributed by atoms with Crippen LogP contribution in [-0.2, 0) is 14.4 Å². The quantitative estimate of drug-likeness (QED) is 0.163. The van der Waals surface area contributed by atoms with Gasteiger partial charge in [0.05, 0.1) is 14.9 Å². The van der Waals surface area contributed by atoms with Crippen molar-refractivity contribution >= 4 is 103 Å². The summed E-state index contributed by atoms with van der Waals surface area (Å²) in [5.74, 6) is -0.918. The van der Waals surface area contributed by atoms with E-state index in [1.165, 1.54) is 13.8 Å². The Balaban J connectivity index is 3.19. The van der Waals surface area contributed by atoms with Gasteiger partial charge in [0.1, 0.15) is 0 Å². The third kappa shape index (κ3) is 6.93. The number of amides is 3. The van der Waals surface area contributed by atoms with Gasteiger partial charge in [-0.05, 0) is 81.1 Å². The van der Waals surface area contributed by atoms with Crippen molar-refractivity contribution in [1.29, 1.82) is 0 Å². The number of ketones is 1. The van der Waals surface area contributed by atoms with Crippen LogP contribution in [0.5, 0.6) is 0 Å². The molecule has 0 aliphatic rings. The topological polar surface area (TPSA) is 104 Å². The molecule has 0 atom stereocenters. The molecule has 0 unspecified atom stereocenters. The summed E-state index contributed by atoms with van der Waals surface area (Å²) < 4.78 is 1.89. The molecule has 1 rings (SSSR count). The highest BCUT2D eigenvalue weighted by atomic mass is 127. The van der Waals surface area contributed by atoms with E-state index in [-0.39, 0.29) is 29.9 Å². The van der Waals surface area contributed by atoms with Crippen LogP contribution in [0.25, 0.3) is 0 Å². The first-order chi connectivity index (χ1) is 13.0. The zero-order chi connectivity index (χ0) is 21.6. The summed E-state index contributed by atoms with van der Waals surface area (Å²) in [5, 5.41) is 8.18. The maximum absolute atomic E-state index is 12.9. The summed E-state index contributed by atoms with van der Waals surface area (Å²) in [4.78, 5) is 47.6. The van der Waals surface area contributed by atoms with E-state index in [1.807, 2.05) is 67.8 Å². The van der Waals surface area contributed by atoms with E-state index in [1.54, 1.807) is 6.92 Å². The Morgan fingerprint density at radius 2 is 1.32 bits per heavy atom. The average molecular weight is 723 g/mol. The Labute approximate surface area is 204 Å². The first-order valence-corrected chi connectivity index (χ1v) is 11.4. The molecule has 3 amide bonds. The molecule has 7 nitrogen and oxygen atoms in total. The number of Topliss-reactive ketones (excluding diaryl/α,β-unsaturated/α-hetero) is 1. The monoisotopic (exact) mass is 723 g/mol. The number of nitrogens with one attached hydrogen (secondary N) is 3. The first kappa shape index (κ1) is 25.3. The second-order valence-electron chi connectivity index (χ2n) is 5.99. The van der Waals surface area contributed by atoms with Gasteiger partial charge in [0.25, 0.3) is 0 Å². The van der Waals surface area contributed by atoms with Crippen molar-refractivity contribution in [2.45, 2.75) is 33.6 Å². The summed E-state index contributed by atoms with van der Waals surface area (Å²) in [6, 6.07) is 0. The largest absolute Gasteiger partial charge is 0.352 e. The fourth-order valence-electron chi connectivity index (χ4n) is 2.21. The molecule has 0 radical (unpaired) electrons. The highest BCUT2D eigenvalue weighted by molar-refractivity contribution is 14.1.